The summed E-state index contributed by atoms with van der Waals surface area (Å²) in [5.74, 6) is 3.33. The van der Waals surface area contributed by atoms with Crippen molar-refractivity contribution in [3.8, 4) is 0 Å². The van der Waals surface area contributed by atoms with Gasteiger partial charge in [-0.3, -0.25) is 4.79 Å². The van der Waals surface area contributed by atoms with E-state index in [9.17, 15) is 9.90 Å². The van der Waals surface area contributed by atoms with E-state index >= 15 is 0 Å². The zero-order chi connectivity index (χ0) is 31.7. The molecule has 244 valence electrons. The van der Waals surface area contributed by atoms with Crippen LogP contribution in [0.15, 0.2) is 0 Å². The average molecular weight is 621 g/mol. The Bertz CT molecular complexity index is 980. The first-order valence-electron chi connectivity index (χ1n) is 17.6. The molecular formula is C36H68O4Si2. The summed E-state index contributed by atoms with van der Waals surface area (Å²) < 4.78 is 14.7. The van der Waals surface area contributed by atoms with Gasteiger partial charge in [0, 0.05) is 18.6 Å². The maximum Gasteiger partial charge on any atom is 0.303 e. The first kappa shape index (κ1) is 34.7. The van der Waals surface area contributed by atoms with Crippen LogP contribution in [0, 0.1) is 46.3 Å². The van der Waals surface area contributed by atoms with Crippen molar-refractivity contribution >= 4 is 22.6 Å². The van der Waals surface area contributed by atoms with Crippen LogP contribution < -0.4 is 0 Å². The molecule has 4 aliphatic carbocycles. The third kappa shape index (κ3) is 6.27. The van der Waals surface area contributed by atoms with Crippen LogP contribution >= 0.6 is 0 Å². The second kappa shape index (κ2) is 11.6. The van der Waals surface area contributed by atoms with Crippen molar-refractivity contribution in [3.05, 3.63) is 0 Å². The summed E-state index contributed by atoms with van der Waals surface area (Å²) in [5.41, 5.74) is 0.657. The van der Waals surface area contributed by atoms with Crippen molar-refractivity contribution in [3.63, 3.8) is 0 Å². The molecule has 4 aliphatic rings. The van der Waals surface area contributed by atoms with Crippen molar-refractivity contribution < 1.29 is 18.8 Å². The second-order valence-corrected chi connectivity index (χ2v) is 28.6. The molecule has 4 fully saturated rings. The fourth-order valence-electron chi connectivity index (χ4n) is 10.1. The minimum Gasteiger partial charge on any atom is -0.481 e. The van der Waals surface area contributed by atoms with E-state index in [1.807, 2.05) is 0 Å². The standard InChI is InChI=1S/C36H68O4Si2/c1-24(14-17-32(37)38)27-15-16-28-26-23-31(40-42(12,13)34(5,6)7)30-22-25(39-41(10,11)33(2,3)4)18-20-36(30,9)29(26)19-21-35(27,28)8/h24-31H,14-23H2,1-13H3,(H,37,38). The van der Waals surface area contributed by atoms with Gasteiger partial charge in [0.25, 0.3) is 0 Å². The van der Waals surface area contributed by atoms with Gasteiger partial charge in [0.05, 0.1) is 0 Å². The summed E-state index contributed by atoms with van der Waals surface area (Å²) >= 11 is 0. The number of carboxylic acid groups (broad SMARTS) is 1. The first-order chi connectivity index (χ1) is 19.0. The molecule has 0 radical (unpaired) electrons. The van der Waals surface area contributed by atoms with E-state index in [2.05, 4.69) is 88.5 Å². The van der Waals surface area contributed by atoms with E-state index in [4.69, 9.17) is 8.85 Å². The zero-order valence-electron chi connectivity index (χ0n) is 29.9. The first-order valence-corrected chi connectivity index (χ1v) is 23.4. The lowest BCUT2D eigenvalue weighted by molar-refractivity contribution is -0.167. The van der Waals surface area contributed by atoms with E-state index in [0.29, 0.717) is 47.2 Å². The highest BCUT2D eigenvalue weighted by Gasteiger charge is 2.63. The second-order valence-electron chi connectivity index (χ2n) is 19.1. The Morgan fingerprint density at radius 2 is 1.36 bits per heavy atom. The Morgan fingerprint density at radius 1 is 0.810 bits per heavy atom. The quantitative estimate of drug-likeness (QED) is 0.274. The predicted molar refractivity (Wildman–Crippen MR) is 181 cm³/mol. The van der Waals surface area contributed by atoms with Gasteiger partial charge in [0.15, 0.2) is 16.6 Å². The molecule has 0 amide bonds. The molecule has 0 aromatic rings. The molecular weight excluding hydrogens is 553 g/mol. The fourth-order valence-corrected chi connectivity index (χ4v) is 12.9. The molecule has 0 bridgehead atoms. The summed E-state index contributed by atoms with van der Waals surface area (Å²) in [7, 11) is -3.79. The zero-order valence-corrected chi connectivity index (χ0v) is 31.9. The monoisotopic (exact) mass is 620 g/mol. The molecule has 4 nitrogen and oxygen atoms in total. The topological polar surface area (TPSA) is 55.8 Å². The van der Waals surface area contributed by atoms with Gasteiger partial charge in [0.2, 0.25) is 0 Å². The molecule has 4 saturated carbocycles. The molecule has 0 heterocycles. The van der Waals surface area contributed by atoms with E-state index in [-0.39, 0.29) is 10.1 Å². The van der Waals surface area contributed by atoms with Crippen molar-refractivity contribution in [2.75, 3.05) is 0 Å². The van der Waals surface area contributed by atoms with Crippen LogP contribution in [-0.2, 0) is 13.6 Å². The van der Waals surface area contributed by atoms with Gasteiger partial charge >= 0.3 is 5.97 Å². The van der Waals surface area contributed by atoms with Crippen LogP contribution in [0.5, 0.6) is 0 Å². The van der Waals surface area contributed by atoms with Crippen LogP contribution in [0.3, 0.4) is 0 Å². The molecule has 1 N–H and O–H groups in total. The van der Waals surface area contributed by atoms with E-state index in [0.717, 1.165) is 24.2 Å². The Hall–Kier alpha value is -0.176. The summed E-state index contributed by atoms with van der Waals surface area (Å²) in [6, 6.07) is 0. The third-order valence-corrected chi connectivity index (χ3v) is 23.7. The maximum atomic E-state index is 11.4. The summed E-state index contributed by atoms with van der Waals surface area (Å²) in [6.45, 7) is 31.7. The number of fused-ring (bicyclic) bond motifs is 5. The molecule has 0 saturated heterocycles. The predicted octanol–water partition coefficient (Wildman–Crippen LogP) is 10.5. The number of carboxylic acids is 1. The minimum atomic E-state index is -1.95. The Kier molecular flexibility index (Phi) is 9.55. The van der Waals surface area contributed by atoms with Gasteiger partial charge in [-0.2, -0.15) is 0 Å². The number of aliphatic carboxylic acids is 1. The highest BCUT2D eigenvalue weighted by Crippen LogP contribution is 2.69. The van der Waals surface area contributed by atoms with Crippen molar-refractivity contribution in [2.24, 2.45) is 46.3 Å². The van der Waals surface area contributed by atoms with Crippen LogP contribution in [-0.4, -0.2) is 39.9 Å². The SMILES string of the molecule is CC(CCC(=O)O)C1CCC2C3CC(O[Si](C)(C)C(C)(C)C)C4CC(O[Si](C)(C)C(C)(C)C)CCC4(C)C3CCC12C. The highest BCUT2D eigenvalue weighted by molar-refractivity contribution is 6.74. The molecule has 6 heteroatoms. The van der Waals surface area contributed by atoms with Crippen LogP contribution in [0.1, 0.15) is 127 Å². The van der Waals surface area contributed by atoms with Crippen LogP contribution in [0.2, 0.25) is 36.3 Å². The van der Waals surface area contributed by atoms with E-state index in [1.165, 1.54) is 51.4 Å². The number of hydrogen-bond donors (Lipinski definition) is 1. The molecule has 42 heavy (non-hydrogen) atoms. The molecule has 4 rings (SSSR count). The van der Waals surface area contributed by atoms with Gasteiger partial charge in [-0.05, 0) is 140 Å². The maximum absolute atomic E-state index is 11.4. The number of hydrogen-bond acceptors (Lipinski definition) is 3. The number of carbonyl (C=O) groups is 1. The molecule has 0 aliphatic heterocycles. The molecule has 0 spiro atoms. The minimum absolute atomic E-state index is 0.199. The molecule has 10 atom stereocenters. The van der Waals surface area contributed by atoms with Gasteiger partial charge in [-0.25, -0.2) is 0 Å². The lowest BCUT2D eigenvalue weighted by atomic mass is 9.43. The van der Waals surface area contributed by atoms with E-state index in [1.54, 1.807) is 0 Å². The average Bonchev–Trinajstić information content (AvgIpc) is 3.19. The summed E-state index contributed by atoms with van der Waals surface area (Å²) in [5, 5.41) is 9.81. The lowest BCUT2D eigenvalue weighted by Crippen LogP contribution is -2.61. The number of rotatable bonds is 8. The lowest BCUT2D eigenvalue weighted by Gasteiger charge is -2.64. The molecule has 10 unspecified atom stereocenters. The van der Waals surface area contributed by atoms with Gasteiger partial charge in [0.1, 0.15) is 0 Å². The summed E-state index contributed by atoms with van der Waals surface area (Å²) in [4.78, 5) is 11.4. The molecule has 0 aromatic heterocycles. The van der Waals surface area contributed by atoms with Gasteiger partial charge in [-0.15, -0.1) is 0 Å². The molecule has 0 aromatic carbocycles. The Morgan fingerprint density at radius 3 is 1.93 bits per heavy atom. The highest BCUT2D eigenvalue weighted by atomic mass is 28.4. The normalized spacial score (nSPS) is 40.2. The van der Waals surface area contributed by atoms with Gasteiger partial charge < -0.3 is 14.0 Å². The summed E-state index contributed by atoms with van der Waals surface area (Å²) in [6.07, 6.45) is 12.0. The van der Waals surface area contributed by atoms with Crippen molar-refractivity contribution in [1.29, 1.82) is 0 Å². The van der Waals surface area contributed by atoms with Crippen molar-refractivity contribution in [2.45, 2.75) is 175 Å². The van der Waals surface area contributed by atoms with Gasteiger partial charge in [-0.1, -0.05) is 62.3 Å². The van der Waals surface area contributed by atoms with E-state index < -0.39 is 22.6 Å². The van der Waals surface area contributed by atoms with Crippen LogP contribution in [0.25, 0.3) is 0 Å². The Labute approximate surface area is 262 Å². The fraction of sp³-hybridized carbons (Fsp3) is 0.972. The smallest absolute Gasteiger partial charge is 0.303 e. The third-order valence-electron chi connectivity index (χ3n) is 14.7. The van der Waals surface area contributed by atoms with Crippen LogP contribution in [0.4, 0.5) is 0 Å². The van der Waals surface area contributed by atoms with Crippen molar-refractivity contribution in [1.82, 2.24) is 0 Å². The largest absolute Gasteiger partial charge is 0.481 e. The Balaban J connectivity index is 1.64.